The summed E-state index contributed by atoms with van der Waals surface area (Å²) in [7, 11) is 0. The van der Waals surface area contributed by atoms with Gasteiger partial charge in [0.15, 0.2) is 0 Å². The topological polar surface area (TPSA) is 9.86 Å². The zero-order valence-electron chi connectivity index (χ0n) is 27.9. The first kappa shape index (κ1) is 28.2. The monoisotopic (exact) mass is 648 g/mol. The molecule has 0 bridgehead atoms. The lowest BCUT2D eigenvalue weighted by Gasteiger charge is -2.34. The maximum Gasteiger partial charge on any atom is 0.0713 e. The highest BCUT2D eigenvalue weighted by Crippen LogP contribution is 2.56. The molecule has 0 fully saturated rings. The van der Waals surface area contributed by atoms with E-state index in [1.165, 1.54) is 82.7 Å². The first-order chi connectivity index (χ1) is 25.3. The third-order valence-corrected chi connectivity index (χ3v) is 11.2. The molecule has 0 radical (unpaired) electrons. The molecule has 0 saturated heterocycles. The average molecular weight is 649 g/mol. The molecule has 10 aromatic rings. The first-order valence-electron chi connectivity index (χ1n) is 17.7. The van der Waals surface area contributed by atoms with E-state index in [-0.39, 0.29) is 0 Å². The van der Waals surface area contributed by atoms with E-state index in [0.29, 0.717) is 0 Å². The van der Waals surface area contributed by atoms with Crippen LogP contribution in [0.3, 0.4) is 0 Å². The predicted molar refractivity (Wildman–Crippen MR) is 212 cm³/mol. The SMILES string of the molecule is c1ccc(-n2c3ccccc3c3c(-n4c5ccccc5c5cc(C6(c7ccccc7)c7ccccc7-c7ccccc76)ccc54)cccc32)cc1. The van der Waals surface area contributed by atoms with Crippen LogP contribution in [0.15, 0.2) is 194 Å². The van der Waals surface area contributed by atoms with E-state index in [4.69, 9.17) is 0 Å². The van der Waals surface area contributed by atoms with Crippen LogP contribution in [-0.2, 0) is 5.41 Å². The van der Waals surface area contributed by atoms with Crippen LogP contribution in [0.4, 0.5) is 0 Å². The molecule has 0 N–H and O–H groups in total. The van der Waals surface area contributed by atoms with Crippen molar-refractivity contribution in [2.45, 2.75) is 5.41 Å². The Balaban J connectivity index is 1.24. The lowest BCUT2D eigenvalue weighted by molar-refractivity contribution is 0.770. The number of nitrogens with zero attached hydrogens (tertiary/aromatic N) is 2. The molecule has 2 nitrogen and oxygen atoms in total. The van der Waals surface area contributed by atoms with E-state index in [9.17, 15) is 0 Å². The highest BCUT2D eigenvalue weighted by Gasteiger charge is 2.46. The minimum absolute atomic E-state index is 0.449. The average Bonchev–Trinajstić information content (AvgIpc) is 3.83. The van der Waals surface area contributed by atoms with Crippen molar-refractivity contribution >= 4 is 43.6 Å². The maximum absolute atomic E-state index is 2.49. The molecular weight excluding hydrogens is 617 g/mol. The molecule has 1 aliphatic rings. The molecule has 2 aromatic heterocycles. The van der Waals surface area contributed by atoms with Crippen LogP contribution in [0.2, 0.25) is 0 Å². The molecule has 0 amide bonds. The van der Waals surface area contributed by atoms with Gasteiger partial charge in [0, 0.05) is 27.2 Å². The van der Waals surface area contributed by atoms with Crippen molar-refractivity contribution in [2.75, 3.05) is 0 Å². The largest absolute Gasteiger partial charge is 0.309 e. The van der Waals surface area contributed by atoms with Crippen LogP contribution in [0.1, 0.15) is 22.3 Å². The number of benzene rings is 8. The summed E-state index contributed by atoms with van der Waals surface area (Å²) in [6.45, 7) is 0. The Bertz CT molecular complexity index is 2920. The van der Waals surface area contributed by atoms with Gasteiger partial charge in [0.05, 0.1) is 33.2 Å². The summed E-state index contributed by atoms with van der Waals surface area (Å²) in [4.78, 5) is 0. The van der Waals surface area contributed by atoms with E-state index in [1.807, 2.05) is 0 Å². The van der Waals surface area contributed by atoms with E-state index in [2.05, 4.69) is 203 Å². The normalized spacial score (nSPS) is 13.3. The third-order valence-electron chi connectivity index (χ3n) is 11.2. The number of hydrogen-bond acceptors (Lipinski definition) is 0. The van der Waals surface area contributed by atoms with Gasteiger partial charge in [-0.1, -0.05) is 146 Å². The predicted octanol–water partition coefficient (Wildman–Crippen LogP) is 12.2. The maximum atomic E-state index is 2.49. The lowest BCUT2D eigenvalue weighted by Crippen LogP contribution is -2.28. The summed E-state index contributed by atoms with van der Waals surface area (Å²) in [5.41, 5.74) is 14.5. The van der Waals surface area contributed by atoms with E-state index in [1.54, 1.807) is 0 Å². The van der Waals surface area contributed by atoms with Gasteiger partial charge in [-0.15, -0.1) is 0 Å². The Morgan fingerprint density at radius 2 is 0.882 bits per heavy atom. The summed E-state index contributed by atoms with van der Waals surface area (Å²) < 4.78 is 4.89. The van der Waals surface area contributed by atoms with Gasteiger partial charge in [0.2, 0.25) is 0 Å². The van der Waals surface area contributed by atoms with Gasteiger partial charge in [-0.05, 0) is 81.9 Å². The van der Waals surface area contributed by atoms with Crippen molar-refractivity contribution in [1.29, 1.82) is 0 Å². The van der Waals surface area contributed by atoms with Crippen LogP contribution in [0, 0.1) is 0 Å². The Morgan fingerprint density at radius 1 is 0.333 bits per heavy atom. The molecule has 2 heteroatoms. The second kappa shape index (κ2) is 10.7. The Hall–Kier alpha value is -6.64. The van der Waals surface area contributed by atoms with Crippen molar-refractivity contribution in [3.8, 4) is 22.5 Å². The van der Waals surface area contributed by atoms with Gasteiger partial charge in [-0.3, -0.25) is 0 Å². The van der Waals surface area contributed by atoms with E-state index >= 15 is 0 Å². The van der Waals surface area contributed by atoms with Crippen LogP contribution < -0.4 is 0 Å². The Labute approximate surface area is 296 Å². The molecule has 8 aromatic carbocycles. The number of rotatable bonds is 4. The van der Waals surface area contributed by atoms with Crippen molar-refractivity contribution in [2.24, 2.45) is 0 Å². The van der Waals surface area contributed by atoms with Gasteiger partial charge in [-0.25, -0.2) is 0 Å². The molecule has 0 spiro atoms. The zero-order chi connectivity index (χ0) is 33.5. The van der Waals surface area contributed by atoms with E-state index < -0.39 is 5.41 Å². The molecule has 0 unspecified atom stereocenters. The zero-order valence-corrected chi connectivity index (χ0v) is 27.9. The van der Waals surface area contributed by atoms with Crippen molar-refractivity contribution in [1.82, 2.24) is 9.13 Å². The van der Waals surface area contributed by atoms with E-state index in [0.717, 1.165) is 5.69 Å². The minimum Gasteiger partial charge on any atom is -0.309 e. The number of aromatic nitrogens is 2. The fraction of sp³-hybridized carbons (Fsp3) is 0.0204. The quantitative estimate of drug-likeness (QED) is 0.180. The molecule has 11 rings (SSSR count). The Morgan fingerprint density at radius 3 is 1.61 bits per heavy atom. The van der Waals surface area contributed by atoms with Crippen molar-refractivity contribution in [3.05, 3.63) is 216 Å². The highest BCUT2D eigenvalue weighted by molar-refractivity contribution is 6.16. The fourth-order valence-electron chi connectivity index (χ4n) is 9.22. The summed E-state index contributed by atoms with van der Waals surface area (Å²) in [6.07, 6.45) is 0. The van der Waals surface area contributed by atoms with Crippen LogP contribution in [0.25, 0.3) is 66.1 Å². The van der Waals surface area contributed by atoms with Crippen LogP contribution >= 0.6 is 0 Å². The molecule has 0 atom stereocenters. The summed E-state index contributed by atoms with van der Waals surface area (Å²) in [5.74, 6) is 0. The lowest BCUT2D eigenvalue weighted by atomic mass is 9.67. The second-order valence-electron chi connectivity index (χ2n) is 13.7. The van der Waals surface area contributed by atoms with Gasteiger partial charge in [0.1, 0.15) is 0 Å². The number of fused-ring (bicyclic) bond motifs is 9. The number of hydrogen-bond donors (Lipinski definition) is 0. The summed E-state index contributed by atoms with van der Waals surface area (Å²) >= 11 is 0. The minimum atomic E-state index is -0.449. The van der Waals surface area contributed by atoms with Crippen molar-refractivity contribution < 1.29 is 0 Å². The second-order valence-corrected chi connectivity index (χ2v) is 13.7. The van der Waals surface area contributed by atoms with Crippen LogP contribution in [-0.4, -0.2) is 9.13 Å². The molecule has 238 valence electrons. The van der Waals surface area contributed by atoms with Gasteiger partial charge < -0.3 is 9.13 Å². The Kier molecular flexibility index (Phi) is 5.91. The van der Waals surface area contributed by atoms with Gasteiger partial charge >= 0.3 is 0 Å². The van der Waals surface area contributed by atoms with Gasteiger partial charge in [-0.2, -0.15) is 0 Å². The molecule has 2 heterocycles. The molecular formula is C49H32N2. The standard InChI is InChI=1S/C49H32N2/c1-3-16-33(17-4-1)49(41-24-11-7-20-36(41)37-21-8-12-25-42(37)49)34-30-31-45-40(32-34)38-22-9-13-26-43(38)51(45)47-29-15-28-46-48(47)39-23-10-14-27-44(39)50(46)35-18-5-2-6-19-35/h1-32H. The molecule has 1 aliphatic carbocycles. The molecule has 0 saturated carbocycles. The van der Waals surface area contributed by atoms with Crippen LogP contribution in [0.5, 0.6) is 0 Å². The first-order valence-corrected chi connectivity index (χ1v) is 17.7. The summed E-state index contributed by atoms with van der Waals surface area (Å²) in [5, 5.41) is 5.00. The highest BCUT2D eigenvalue weighted by atomic mass is 15.0. The molecule has 51 heavy (non-hydrogen) atoms. The van der Waals surface area contributed by atoms with Crippen molar-refractivity contribution in [3.63, 3.8) is 0 Å². The summed E-state index contributed by atoms with van der Waals surface area (Å²) in [6, 6.07) is 71.5. The molecule has 0 aliphatic heterocycles. The van der Waals surface area contributed by atoms with Gasteiger partial charge in [0.25, 0.3) is 0 Å². The number of para-hydroxylation sites is 3. The third kappa shape index (κ3) is 3.76. The smallest absolute Gasteiger partial charge is 0.0713 e. The fourth-order valence-corrected chi connectivity index (χ4v) is 9.22.